The van der Waals surface area contributed by atoms with Gasteiger partial charge in [0, 0.05) is 31.5 Å². The van der Waals surface area contributed by atoms with Crippen molar-refractivity contribution >= 4 is 5.91 Å². The molecule has 23 heavy (non-hydrogen) atoms. The molecule has 0 radical (unpaired) electrons. The molecule has 2 aliphatic rings. The van der Waals surface area contributed by atoms with Gasteiger partial charge < -0.3 is 15.2 Å². The van der Waals surface area contributed by atoms with E-state index in [2.05, 4.69) is 10.2 Å². The van der Waals surface area contributed by atoms with Gasteiger partial charge in [-0.2, -0.15) is 0 Å². The van der Waals surface area contributed by atoms with Gasteiger partial charge in [0.15, 0.2) is 0 Å². The normalized spacial score (nSPS) is 26.8. The van der Waals surface area contributed by atoms with E-state index in [9.17, 15) is 9.90 Å². The Labute approximate surface area is 137 Å². The fraction of sp³-hybridized carbons (Fsp3) is 0.611. The summed E-state index contributed by atoms with van der Waals surface area (Å²) in [6.45, 7) is 2.38. The molecule has 1 aromatic rings. The maximum Gasteiger partial charge on any atom is 0.220 e. The molecule has 0 aromatic heterocycles. The number of piperidine rings is 1. The summed E-state index contributed by atoms with van der Waals surface area (Å²) in [5, 5.41) is 13.6. The van der Waals surface area contributed by atoms with Crippen LogP contribution in [0, 0.1) is 5.92 Å². The van der Waals surface area contributed by atoms with Crippen molar-refractivity contribution < 1.29 is 14.6 Å². The van der Waals surface area contributed by atoms with Crippen molar-refractivity contribution in [2.24, 2.45) is 5.92 Å². The van der Waals surface area contributed by atoms with Crippen molar-refractivity contribution in [3.8, 4) is 5.75 Å². The third kappa shape index (κ3) is 3.85. The molecular weight excluding hydrogens is 292 g/mol. The highest BCUT2D eigenvalue weighted by molar-refractivity contribution is 5.78. The third-order valence-corrected chi connectivity index (χ3v) is 5.10. The van der Waals surface area contributed by atoms with Crippen LogP contribution >= 0.6 is 0 Å². The van der Waals surface area contributed by atoms with Crippen LogP contribution in [0.2, 0.25) is 0 Å². The number of carbonyl (C=O) groups excluding carboxylic acids is 1. The number of hydrogen-bond acceptors (Lipinski definition) is 4. The molecule has 0 saturated carbocycles. The average Bonchev–Trinajstić information content (AvgIpc) is 3.01. The number of nitrogens with zero attached hydrogens (tertiary/aromatic N) is 1. The first-order valence-electron chi connectivity index (χ1n) is 8.50. The van der Waals surface area contributed by atoms with E-state index in [1.54, 1.807) is 7.11 Å². The molecule has 2 aliphatic heterocycles. The SMILES string of the molecule is COc1cccc(C(O)CN2CCCCC2C2CNC(=O)C2)c1. The largest absolute Gasteiger partial charge is 0.497 e. The van der Waals surface area contributed by atoms with Gasteiger partial charge in [0.2, 0.25) is 5.91 Å². The van der Waals surface area contributed by atoms with Gasteiger partial charge in [0.25, 0.3) is 0 Å². The molecular formula is C18H26N2O3. The summed E-state index contributed by atoms with van der Waals surface area (Å²) in [6, 6.07) is 8.01. The quantitative estimate of drug-likeness (QED) is 0.868. The zero-order valence-electron chi connectivity index (χ0n) is 13.7. The van der Waals surface area contributed by atoms with Crippen molar-refractivity contribution in [3.05, 3.63) is 29.8 Å². The van der Waals surface area contributed by atoms with Crippen molar-refractivity contribution in [1.82, 2.24) is 10.2 Å². The van der Waals surface area contributed by atoms with Gasteiger partial charge >= 0.3 is 0 Å². The van der Waals surface area contributed by atoms with Gasteiger partial charge in [-0.3, -0.25) is 9.69 Å². The molecule has 5 heteroatoms. The summed E-state index contributed by atoms with van der Waals surface area (Å²) >= 11 is 0. The average molecular weight is 318 g/mol. The second-order valence-corrected chi connectivity index (χ2v) is 6.62. The fourth-order valence-electron chi connectivity index (χ4n) is 3.85. The Bertz CT molecular complexity index is 549. The van der Waals surface area contributed by atoms with Crippen LogP contribution < -0.4 is 10.1 Å². The Balaban J connectivity index is 1.67. The minimum atomic E-state index is -0.532. The Morgan fingerprint density at radius 2 is 2.30 bits per heavy atom. The first-order valence-corrected chi connectivity index (χ1v) is 8.50. The van der Waals surface area contributed by atoms with Crippen LogP contribution in [0.4, 0.5) is 0 Å². The van der Waals surface area contributed by atoms with Gasteiger partial charge in [0.05, 0.1) is 13.2 Å². The van der Waals surface area contributed by atoms with E-state index >= 15 is 0 Å². The predicted molar refractivity (Wildman–Crippen MR) is 88.3 cm³/mol. The lowest BCUT2D eigenvalue weighted by Gasteiger charge is -2.39. The summed E-state index contributed by atoms with van der Waals surface area (Å²) in [7, 11) is 1.64. The number of ether oxygens (including phenoxy) is 1. The number of likely N-dealkylation sites (tertiary alicyclic amines) is 1. The number of methoxy groups -OCH3 is 1. The third-order valence-electron chi connectivity index (χ3n) is 5.10. The smallest absolute Gasteiger partial charge is 0.220 e. The molecule has 5 nitrogen and oxygen atoms in total. The molecule has 126 valence electrons. The molecule has 0 aliphatic carbocycles. The molecule has 3 rings (SSSR count). The summed E-state index contributed by atoms with van der Waals surface area (Å²) in [6.07, 6.45) is 3.58. The number of amides is 1. The summed E-state index contributed by atoms with van der Waals surface area (Å²) in [5.74, 6) is 1.30. The fourth-order valence-corrected chi connectivity index (χ4v) is 3.85. The van der Waals surface area contributed by atoms with Crippen LogP contribution in [-0.2, 0) is 4.79 Å². The van der Waals surface area contributed by atoms with E-state index in [-0.39, 0.29) is 5.91 Å². The molecule has 2 heterocycles. The topological polar surface area (TPSA) is 61.8 Å². The van der Waals surface area contributed by atoms with Gasteiger partial charge in [-0.15, -0.1) is 0 Å². The molecule has 2 saturated heterocycles. The zero-order chi connectivity index (χ0) is 16.2. The minimum Gasteiger partial charge on any atom is -0.497 e. The van der Waals surface area contributed by atoms with E-state index in [1.165, 1.54) is 6.42 Å². The van der Waals surface area contributed by atoms with Crippen LogP contribution in [0.3, 0.4) is 0 Å². The first-order chi connectivity index (χ1) is 11.2. The number of hydrogen-bond donors (Lipinski definition) is 2. The highest BCUT2D eigenvalue weighted by Crippen LogP contribution is 2.29. The molecule has 0 spiro atoms. The Hall–Kier alpha value is -1.59. The van der Waals surface area contributed by atoms with Crippen LogP contribution in [0.15, 0.2) is 24.3 Å². The lowest BCUT2D eigenvalue weighted by molar-refractivity contribution is -0.119. The second-order valence-electron chi connectivity index (χ2n) is 6.62. The lowest BCUT2D eigenvalue weighted by Crippen LogP contribution is -2.46. The number of benzene rings is 1. The number of β-amino-alcohol motifs (C(OH)–C–C–N with tert-alkyl or cyclic N) is 1. The highest BCUT2D eigenvalue weighted by Gasteiger charge is 2.35. The number of aliphatic hydroxyl groups excluding tert-OH is 1. The molecule has 2 N–H and O–H groups in total. The van der Waals surface area contributed by atoms with Crippen molar-refractivity contribution in [2.75, 3.05) is 26.7 Å². The van der Waals surface area contributed by atoms with Crippen molar-refractivity contribution in [1.29, 1.82) is 0 Å². The summed E-state index contributed by atoms with van der Waals surface area (Å²) in [4.78, 5) is 13.9. The lowest BCUT2D eigenvalue weighted by atomic mass is 9.89. The van der Waals surface area contributed by atoms with Crippen molar-refractivity contribution in [3.63, 3.8) is 0 Å². The van der Waals surface area contributed by atoms with Gasteiger partial charge in [-0.25, -0.2) is 0 Å². The van der Waals surface area contributed by atoms with Crippen LogP contribution in [0.1, 0.15) is 37.4 Å². The Morgan fingerprint density at radius 3 is 3.04 bits per heavy atom. The minimum absolute atomic E-state index is 0.161. The molecule has 1 aromatic carbocycles. The van der Waals surface area contributed by atoms with Crippen LogP contribution in [0.5, 0.6) is 5.75 Å². The monoisotopic (exact) mass is 318 g/mol. The zero-order valence-corrected chi connectivity index (χ0v) is 13.7. The molecule has 3 atom stereocenters. The number of nitrogens with one attached hydrogen (secondary N) is 1. The molecule has 3 unspecified atom stereocenters. The maximum atomic E-state index is 11.5. The van der Waals surface area contributed by atoms with E-state index < -0.39 is 6.10 Å². The predicted octanol–water partition coefficient (Wildman–Crippen LogP) is 1.72. The van der Waals surface area contributed by atoms with Gasteiger partial charge in [-0.05, 0) is 37.1 Å². The van der Waals surface area contributed by atoms with Gasteiger partial charge in [0.1, 0.15) is 5.75 Å². The van der Waals surface area contributed by atoms with E-state index in [1.807, 2.05) is 24.3 Å². The van der Waals surface area contributed by atoms with E-state index in [4.69, 9.17) is 4.74 Å². The standard InChI is InChI=1S/C18H26N2O3/c1-23-15-6-4-5-13(9-15)17(21)12-20-8-3-2-7-16(20)14-10-18(22)19-11-14/h4-6,9,14,16-17,21H,2-3,7-8,10-12H2,1H3,(H,19,22). The Kier molecular flexibility index (Phi) is 5.18. The van der Waals surface area contributed by atoms with E-state index in [0.29, 0.717) is 24.9 Å². The van der Waals surface area contributed by atoms with Gasteiger partial charge in [-0.1, -0.05) is 18.6 Å². The maximum absolute atomic E-state index is 11.5. The number of aliphatic hydroxyl groups is 1. The summed E-state index contributed by atoms with van der Waals surface area (Å²) < 4.78 is 5.24. The number of carbonyl (C=O) groups is 1. The molecule has 0 bridgehead atoms. The highest BCUT2D eigenvalue weighted by atomic mass is 16.5. The molecule has 1 amide bonds. The van der Waals surface area contributed by atoms with Crippen LogP contribution in [-0.4, -0.2) is 48.7 Å². The second kappa shape index (κ2) is 7.32. The first kappa shape index (κ1) is 16.3. The Morgan fingerprint density at radius 1 is 1.43 bits per heavy atom. The molecule has 2 fully saturated rings. The van der Waals surface area contributed by atoms with Crippen LogP contribution in [0.25, 0.3) is 0 Å². The number of rotatable bonds is 5. The van der Waals surface area contributed by atoms with Crippen molar-refractivity contribution in [2.45, 2.75) is 37.8 Å². The summed E-state index contributed by atoms with van der Waals surface area (Å²) in [5.41, 5.74) is 0.884. The van der Waals surface area contributed by atoms with E-state index in [0.717, 1.165) is 37.2 Å².